The molecule has 1 amide bonds. The summed E-state index contributed by atoms with van der Waals surface area (Å²) in [6.45, 7) is 4.56. The van der Waals surface area contributed by atoms with Crippen LogP contribution < -0.4 is 11.3 Å². The first-order valence-corrected chi connectivity index (χ1v) is 8.30. The van der Waals surface area contributed by atoms with Gasteiger partial charge in [0.15, 0.2) is 5.82 Å². The van der Waals surface area contributed by atoms with Crippen molar-refractivity contribution in [3.05, 3.63) is 63.1 Å². The number of aryl methyl sites for hydroxylation is 2. The summed E-state index contributed by atoms with van der Waals surface area (Å²) in [7, 11) is 0. The summed E-state index contributed by atoms with van der Waals surface area (Å²) in [6.07, 6.45) is 0. The molecule has 1 aromatic carbocycles. The molecule has 0 unspecified atom stereocenters. The van der Waals surface area contributed by atoms with Crippen molar-refractivity contribution in [2.45, 2.75) is 33.9 Å². The van der Waals surface area contributed by atoms with E-state index in [0.717, 1.165) is 4.57 Å². The number of nitrogens with two attached hydrogens (primary N) is 1. The number of hydrogen-bond acceptors (Lipinski definition) is 6. The van der Waals surface area contributed by atoms with Gasteiger partial charge in [-0.1, -0.05) is 12.1 Å². The maximum atomic E-state index is 12.7. The smallest absolute Gasteiger partial charge is 0.342 e. The minimum absolute atomic E-state index is 0.140. The number of benzene rings is 1. The van der Waals surface area contributed by atoms with Crippen LogP contribution in [0.15, 0.2) is 33.5 Å². The fraction of sp³-hybridized carbons (Fsp3) is 0.263. The Morgan fingerprint density at radius 3 is 2.52 bits per heavy atom. The molecule has 0 saturated carbocycles. The van der Waals surface area contributed by atoms with Crippen molar-refractivity contribution in [2.75, 3.05) is 0 Å². The van der Waals surface area contributed by atoms with Gasteiger partial charge >= 0.3 is 5.97 Å². The monoisotopic (exact) mass is 369 g/mol. The van der Waals surface area contributed by atoms with Gasteiger partial charge < -0.3 is 14.9 Å². The highest BCUT2D eigenvalue weighted by atomic mass is 16.5. The second-order valence-electron chi connectivity index (χ2n) is 6.19. The van der Waals surface area contributed by atoms with Crippen LogP contribution in [-0.4, -0.2) is 21.4 Å². The Morgan fingerprint density at radius 1 is 1.19 bits per heavy atom. The van der Waals surface area contributed by atoms with Crippen LogP contribution in [0.3, 0.4) is 0 Å². The van der Waals surface area contributed by atoms with Crippen molar-refractivity contribution in [1.29, 1.82) is 0 Å². The van der Waals surface area contributed by atoms with E-state index in [1.807, 2.05) is 0 Å². The number of carbonyl (C=O) groups excluding carboxylic acids is 2. The average molecular weight is 369 g/mol. The fourth-order valence-electron chi connectivity index (χ4n) is 2.94. The predicted molar refractivity (Wildman–Crippen MR) is 97.2 cm³/mol. The summed E-state index contributed by atoms with van der Waals surface area (Å²) in [5.74, 6) is -0.0555. The van der Waals surface area contributed by atoms with Crippen molar-refractivity contribution in [3.63, 3.8) is 0 Å². The number of para-hydroxylation sites is 1. The van der Waals surface area contributed by atoms with E-state index in [-0.39, 0.29) is 19.0 Å². The molecule has 0 radical (unpaired) electrons. The molecule has 0 bridgehead atoms. The molecule has 3 aromatic rings. The third-order valence-electron chi connectivity index (χ3n) is 4.35. The fourth-order valence-corrected chi connectivity index (χ4v) is 2.94. The van der Waals surface area contributed by atoms with Crippen molar-refractivity contribution < 1.29 is 18.7 Å². The summed E-state index contributed by atoms with van der Waals surface area (Å²) in [5.41, 5.74) is 6.31. The van der Waals surface area contributed by atoms with Gasteiger partial charge in [-0.3, -0.25) is 14.2 Å². The Kier molecular flexibility index (Phi) is 4.81. The number of primary amides is 1. The maximum Gasteiger partial charge on any atom is 0.342 e. The van der Waals surface area contributed by atoms with E-state index in [4.69, 9.17) is 14.9 Å². The molecule has 2 heterocycles. The zero-order valence-electron chi connectivity index (χ0n) is 15.2. The second-order valence-corrected chi connectivity index (χ2v) is 6.19. The minimum atomic E-state index is -0.695. The topological polar surface area (TPSA) is 117 Å². The Balaban J connectivity index is 1.97. The molecule has 2 aromatic heterocycles. The van der Waals surface area contributed by atoms with Crippen molar-refractivity contribution in [1.82, 2.24) is 9.55 Å². The number of nitrogens with zero attached hydrogens (tertiary/aromatic N) is 2. The highest BCUT2D eigenvalue weighted by molar-refractivity contribution is 5.92. The Bertz CT molecular complexity index is 1110. The Morgan fingerprint density at radius 2 is 1.89 bits per heavy atom. The largest absolute Gasteiger partial charge is 0.465 e. The molecule has 0 aliphatic heterocycles. The van der Waals surface area contributed by atoms with Crippen LogP contribution in [0.5, 0.6) is 0 Å². The van der Waals surface area contributed by atoms with Crippen molar-refractivity contribution in [3.8, 4) is 0 Å². The molecule has 8 heteroatoms. The number of rotatable bonds is 5. The average Bonchev–Trinajstić information content (AvgIpc) is 2.87. The van der Waals surface area contributed by atoms with E-state index in [2.05, 4.69) is 4.98 Å². The zero-order chi connectivity index (χ0) is 19.7. The normalized spacial score (nSPS) is 10.9. The first-order chi connectivity index (χ1) is 12.8. The highest BCUT2D eigenvalue weighted by Crippen LogP contribution is 2.22. The van der Waals surface area contributed by atoms with Gasteiger partial charge in [0.2, 0.25) is 5.91 Å². The van der Waals surface area contributed by atoms with Crippen LogP contribution in [0.1, 0.15) is 33.3 Å². The van der Waals surface area contributed by atoms with Crippen LogP contribution in [0.25, 0.3) is 10.9 Å². The third-order valence-corrected chi connectivity index (χ3v) is 4.35. The van der Waals surface area contributed by atoms with Gasteiger partial charge in [0.05, 0.1) is 10.9 Å². The molecule has 3 rings (SSSR count). The van der Waals surface area contributed by atoms with E-state index in [0.29, 0.717) is 33.6 Å². The number of ether oxygens (including phenoxy) is 1. The molecule has 0 fully saturated rings. The lowest BCUT2D eigenvalue weighted by Crippen LogP contribution is -2.32. The number of amides is 1. The molecular weight excluding hydrogens is 350 g/mol. The first kappa shape index (κ1) is 18.4. The molecule has 0 saturated heterocycles. The third kappa shape index (κ3) is 3.46. The van der Waals surface area contributed by atoms with E-state index in [1.54, 1.807) is 45.0 Å². The molecule has 27 heavy (non-hydrogen) atoms. The first-order valence-electron chi connectivity index (χ1n) is 8.30. The molecule has 8 nitrogen and oxygen atoms in total. The summed E-state index contributed by atoms with van der Waals surface area (Å²) >= 11 is 0. The number of furan rings is 1. The Labute approximate surface area is 154 Å². The van der Waals surface area contributed by atoms with Gasteiger partial charge in [-0.2, -0.15) is 0 Å². The maximum absolute atomic E-state index is 12.7. The number of fused-ring (bicyclic) bond motifs is 1. The molecule has 2 N–H and O–H groups in total. The standard InChI is InChI=1S/C19H19N3O5/c1-10-11(2)27-12(3)17(10)19(25)26-9-16-21-14-7-5-4-6-13(14)18(24)22(16)8-15(20)23/h4-7H,8-9H2,1-3H3,(H2,20,23). The van der Waals surface area contributed by atoms with Crippen molar-refractivity contribution >= 4 is 22.8 Å². The number of carbonyl (C=O) groups is 2. The van der Waals surface area contributed by atoms with Crippen LogP contribution in [0.2, 0.25) is 0 Å². The zero-order valence-corrected chi connectivity index (χ0v) is 15.2. The molecule has 0 aliphatic carbocycles. The number of aromatic nitrogens is 2. The molecule has 140 valence electrons. The number of esters is 1. The van der Waals surface area contributed by atoms with Crippen LogP contribution in [0.4, 0.5) is 0 Å². The van der Waals surface area contributed by atoms with Gasteiger partial charge in [0, 0.05) is 5.56 Å². The lowest BCUT2D eigenvalue weighted by atomic mass is 10.1. The van der Waals surface area contributed by atoms with Gasteiger partial charge in [0.25, 0.3) is 5.56 Å². The molecule has 0 aliphatic rings. The molecule has 0 spiro atoms. The molecule has 0 atom stereocenters. The summed E-state index contributed by atoms with van der Waals surface area (Å²) in [5, 5.41) is 0.353. The quantitative estimate of drug-likeness (QED) is 0.685. The minimum Gasteiger partial charge on any atom is -0.465 e. The van der Waals surface area contributed by atoms with E-state index < -0.39 is 17.4 Å². The van der Waals surface area contributed by atoms with E-state index >= 15 is 0 Å². The van der Waals surface area contributed by atoms with E-state index in [1.165, 1.54) is 0 Å². The van der Waals surface area contributed by atoms with Gasteiger partial charge in [-0.15, -0.1) is 0 Å². The summed E-state index contributed by atoms with van der Waals surface area (Å²) < 4.78 is 11.9. The summed E-state index contributed by atoms with van der Waals surface area (Å²) in [4.78, 5) is 40.9. The SMILES string of the molecule is Cc1oc(C)c(C(=O)OCc2nc3ccccc3c(=O)n2CC(N)=O)c1C. The predicted octanol–water partition coefficient (Wildman–Crippen LogP) is 1.76. The number of hydrogen-bond donors (Lipinski definition) is 1. The van der Waals surface area contributed by atoms with Crippen LogP contribution >= 0.6 is 0 Å². The summed E-state index contributed by atoms with van der Waals surface area (Å²) in [6, 6.07) is 6.72. The highest BCUT2D eigenvalue weighted by Gasteiger charge is 2.21. The molecular formula is C19H19N3O5. The van der Waals surface area contributed by atoms with E-state index in [9.17, 15) is 14.4 Å². The van der Waals surface area contributed by atoms with Gasteiger partial charge in [-0.25, -0.2) is 9.78 Å². The lowest BCUT2D eigenvalue weighted by Gasteiger charge is -2.12. The van der Waals surface area contributed by atoms with Crippen LogP contribution in [-0.2, 0) is 22.7 Å². The van der Waals surface area contributed by atoms with Gasteiger partial charge in [-0.05, 0) is 32.9 Å². The van der Waals surface area contributed by atoms with Crippen molar-refractivity contribution in [2.24, 2.45) is 5.73 Å². The van der Waals surface area contributed by atoms with Crippen LogP contribution in [0, 0.1) is 20.8 Å². The Hall–Kier alpha value is -3.42. The van der Waals surface area contributed by atoms with Gasteiger partial charge in [0.1, 0.15) is 30.2 Å². The second kappa shape index (κ2) is 7.06. The lowest BCUT2D eigenvalue weighted by molar-refractivity contribution is -0.118.